The van der Waals surface area contributed by atoms with Crippen molar-refractivity contribution in [2.45, 2.75) is 31.7 Å². The van der Waals surface area contributed by atoms with Crippen LogP contribution in [0.25, 0.3) is 0 Å². The summed E-state index contributed by atoms with van der Waals surface area (Å²) in [5.74, 6) is -1.64. The van der Waals surface area contributed by atoms with E-state index in [2.05, 4.69) is 15.4 Å². The molecule has 10 heteroatoms. The Hall–Kier alpha value is -3.56. The number of amides is 4. The number of hydrogen-bond acceptors (Lipinski definition) is 4. The van der Waals surface area contributed by atoms with Crippen LogP contribution >= 0.6 is 0 Å². The lowest BCUT2D eigenvalue weighted by molar-refractivity contribution is -0.274. The summed E-state index contributed by atoms with van der Waals surface area (Å²) < 4.78 is 40.4. The van der Waals surface area contributed by atoms with Crippen LogP contribution in [0.1, 0.15) is 25.3 Å². The summed E-state index contributed by atoms with van der Waals surface area (Å²) in [7, 11) is 0. The molecule has 1 atom stereocenters. The normalized spacial score (nSPS) is 18.6. The maximum Gasteiger partial charge on any atom is 0.573 e. The molecule has 1 fully saturated rings. The Bertz CT molecular complexity index is 964. The Morgan fingerprint density at radius 1 is 1.10 bits per heavy atom. The van der Waals surface area contributed by atoms with Crippen molar-refractivity contribution in [3.63, 3.8) is 0 Å². The summed E-state index contributed by atoms with van der Waals surface area (Å²) in [5.41, 5.74) is -0.433. The first-order chi connectivity index (χ1) is 14.6. The molecule has 2 N–H and O–H groups in total. The highest BCUT2D eigenvalue weighted by Gasteiger charge is 2.52. The number of rotatable bonds is 7. The number of carbonyl (C=O) groups excluding carboxylic acids is 3. The molecule has 0 saturated carbocycles. The molecule has 4 amide bonds. The number of benzene rings is 2. The fourth-order valence-electron chi connectivity index (χ4n) is 3.46. The predicted molar refractivity (Wildman–Crippen MR) is 105 cm³/mol. The van der Waals surface area contributed by atoms with Crippen molar-refractivity contribution in [1.82, 2.24) is 10.2 Å². The molecular weight excluding hydrogens is 415 g/mol. The lowest BCUT2D eigenvalue weighted by Gasteiger charge is -2.26. The minimum absolute atomic E-state index is 0.189. The van der Waals surface area contributed by atoms with E-state index in [9.17, 15) is 27.6 Å². The third-order valence-corrected chi connectivity index (χ3v) is 4.74. The van der Waals surface area contributed by atoms with Crippen LogP contribution in [0.5, 0.6) is 5.75 Å². The van der Waals surface area contributed by atoms with Crippen LogP contribution < -0.4 is 15.4 Å². The van der Waals surface area contributed by atoms with Gasteiger partial charge in [-0.25, -0.2) is 4.79 Å². The van der Waals surface area contributed by atoms with E-state index in [0.717, 1.165) is 17.0 Å². The fraction of sp³-hybridized carbons (Fsp3) is 0.286. The number of ether oxygens (including phenoxy) is 1. The summed E-state index contributed by atoms with van der Waals surface area (Å²) in [5, 5.41) is 5.17. The van der Waals surface area contributed by atoms with Crippen molar-refractivity contribution in [3.05, 3.63) is 60.2 Å². The number of halogens is 3. The average Bonchev–Trinajstić information content (AvgIpc) is 2.94. The van der Waals surface area contributed by atoms with Crippen LogP contribution in [0, 0.1) is 0 Å². The van der Waals surface area contributed by atoms with Gasteiger partial charge >= 0.3 is 12.4 Å². The third-order valence-electron chi connectivity index (χ3n) is 4.74. The van der Waals surface area contributed by atoms with E-state index < -0.39 is 42.0 Å². The van der Waals surface area contributed by atoms with Gasteiger partial charge in [0, 0.05) is 5.69 Å². The van der Waals surface area contributed by atoms with Gasteiger partial charge in [-0.1, -0.05) is 43.7 Å². The smallest absolute Gasteiger partial charge is 0.406 e. The molecule has 2 aromatic carbocycles. The summed E-state index contributed by atoms with van der Waals surface area (Å²) >= 11 is 0. The number of nitrogens with zero attached hydrogens (tertiary/aromatic N) is 1. The Kier molecular flexibility index (Phi) is 6.19. The molecule has 2 aromatic rings. The van der Waals surface area contributed by atoms with E-state index in [1.807, 2.05) is 6.92 Å². The molecule has 31 heavy (non-hydrogen) atoms. The van der Waals surface area contributed by atoms with Crippen LogP contribution in [0.3, 0.4) is 0 Å². The first-order valence-electron chi connectivity index (χ1n) is 9.50. The average molecular weight is 435 g/mol. The van der Waals surface area contributed by atoms with Gasteiger partial charge < -0.3 is 15.4 Å². The molecule has 1 aliphatic rings. The zero-order valence-electron chi connectivity index (χ0n) is 16.5. The largest absolute Gasteiger partial charge is 0.573 e. The minimum atomic E-state index is -4.82. The molecule has 1 heterocycles. The maximum atomic E-state index is 13.1. The van der Waals surface area contributed by atoms with Crippen LogP contribution in [-0.2, 0) is 15.1 Å². The topological polar surface area (TPSA) is 87.7 Å². The van der Waals surface area contributed by atoms with E-state index in [1.54, 1.807) is 30.3 Å². The lowest BCUT2D eigenvalue weighted by Crippen LogP contribution is -2.44. The molecule has 0 bridgehead atoms. The summed E-state index contributed by atoms with van der Waals surface area (Å²) in [4.78, 5) is 38.9. The van der Waals surface area contributed by atoms with Crippen molar-refractivity contribution in [1.29, 1.82) is 0 Å². The second-order valence-corrected chi connectivity index (χ2v) is 6.96. The number of anilines is 1. The van der Waals surface area contributed by atoms with Crippen LogP contribution in [0.2, 0.25) is 0 Å². The predicted octanol–water partition coefficient (Wildman–Crippen LogP) is 3.77. The second-order valence-electron chi connectivity index (χ2n) is 6.96. The molecule has 1 aliphatic heterocycles. The quantitative estimate of drug-likeness (QED) is 0.648. The van der Waals surface area contributed by atoms with Gasteiger partial charge in [0.05, 0.1) is 0 Å². The number of urea groups is 1. The molecule has 0 unspecified atom stereocenters. The number of hydrogen-bond donors (Lipinski definition) is 2. The molecular formula is C21H20F3N3O4. The van der Waals surface area contributed by atoms with Crippen molar-refractivity contribution in [3.8, 4) is 5.75 Å². The highest BCUT2D eigenvalue weighted by molar-refractivity contribution is 6.10. The van der Waals surface area contributed by atoms with Crippen molar-refractivity contribution in [2.75, 3.05) is 11.9 Å². The van der Waals surface area contributed by atoms with Crippen molar-refractivity contribution >= 4 is 23.5 Å². The minimum Gasteiger partial charge on any atom is -0.406 e. The standard InChI is InChI=1S/C21H20F3N3O4/c1-2-12-20(14-6-4-3-5-7-14)18(29)27(19(30)26-20)13-17(28)25-15-8-10-16(11-9-15)31-21(22,23)24/h3-11H,2,12-13H2,1H3,(H,25,28)(H,26,30)/t20-/m1/s1. The SMILES string of the molecule is CCC[C@]1(c2ccccc2)NC(=O)N(CC(=O)Nc2ccc(OC(F)(F)F)cc2)C1=O. The molecule has 0 aliphatic carbocycles. The molecule has 1 saturated heterocycles. The zero-order chi connectivity index (χ0) is 22.6. The van der Waals surface area contributed by atoms with E-state index in [1.165, 1.54) is 12.1 Å². The fourth-order valence-corrected chi connectivity index (χ4v) is 3.46. The van der Waals surface area contributed by atoms with E-state index in [4.69, 9.17) is 0 Å². The summed E-state index contributed by atoms with van der Waals surface area (Å²) in [6.07, 6.45) is -3.84. The van der Waals surface area contributed by atoms with Gasteiger partial charge in [-0.15, -0.1) is 13.2 Å². The first-order valence-corrected chi connectivity index (χ1v) is 9.50. The van der Waals surface area contributed by atoms with Gasteiger partial charge in [0.1, 0.15) is 17.8 Å². The van der Waals surface area contributed by atoms with Gasteiger partial charge in [-0.05, 0) is 36.2 Å². The number of imide groups is 1. The van der Waals surface area contributed by atoms with Crippen molar-refractivity contribution in [2.24, 2.45) is 0 Å². The summed E-state index contributed by atoms with van der Waals surface area (Å²) in [6, 6.07) is 12.6. The van der Waals surface area contributed by atoms with Gasteiger partial charge in [-0.2, -0.15) is 0 Å². The van der Waals surface area contributed by atoms with Gasteiger partial charge in [0.25, 0.3) is 5.91 Å². The van der Waals surface area contributed by atoms with Gasteiger partial charge in [0.2, 0.25) is 5.91 Å². The van der Waals surface area contributed by atoms with E-state index in [0.29, 0.717) is 18.4 Å². The zero-order valence-corrected chi connectivity index (χ0v) is 16.5. The monoisotopic (exact) mass is 435 g/mol. The Morgan fingerprint density at radius 2 is 1.74 bits per heavy atom. The van der Waals surface area contributed by atoms with Crippen LogP contribution in [0.15, 0.2) is 54.6 Å². The van der Waals surface area contributed by atoms with Gasteiger partial charge in [0.15, 0.2) is 0 Å². The number of alkyl halides is 3. The highest BCUT2D eigenvalue weighted by Crippen LogP contribution is 2.33. The highest BCUT2D eigenvalue weighted by atomic mass is 19.4. The molecule has 0 aromatic heterocycles. The van der Waals surface area contributed by atoms with Crippen LogP contribution in [0.4, 0.5) is 23.7 Å². The molecule has 7 nitrogen and oxygen atoms in total. The number of nitrogens with one attached hydrogen (secondary N) is 2. The van der Waals surface area contributed by atoms with Crippen molar-refractivity contribution < 1.29 is 32.3 Å². The Morgan fingerprint density at radius 3 is 2.32 bits per heavy atom. The number of carbonyl (C=O) groups is 3. The molecule has 3 rings (SSSR count). The van der Waals surface area contributed by atoms with E-state index in [-0.39, 0.29) is 5.69 Å². The second kappa shape index (κ2) is 8.66. The lowest BCUT2D eigenvalue weighted by atomic mass is 9.85. The first kappa shape index (κ1) is 22.1. The summed E-state index contributed by atoms with van der Waals surface area (Å²) in [6.45, 7) is 1.34. The molecule has 164 valence electrons. The van der Waals surface area contributed by atoms with Gasteiger partial charge in [-0.3, -0.25) is 14.5 Å². The Balaban J connectivity index is 1.70. The molecule has 0 spiro atoms. The van der Waals surface area contributed by atoms with E-state index >= 15 is 0 Å². The Labute approximate surface area is 176 Å². The molecule has 0 radical (unpaired) electrons. The maximum absolute atomic E-state index is 13.1. The third kappa shape index (κ3) is 4.96. The van der Waals surface area contributed by atoms with Crippen LogP contribution in [-0.4, -0.2) is 35.7 Å².